The van der Waals surface area contributed by atoms with Crippen molar-refractivity contribution in [2.75, 3.05) is 0 Å². The van der Waals surface area contributed by atoms with Gasteiger partial charge < -0.3 is 15.3 Å². The fourth-order valence-electron chi connectivity index (χ4n) is 2.34. The fourth-order valence-corrected chi connectivity index (χ4v) is 2.34. The molecule has 141 valence electrons. The van der Waals surface area contributed by atoms with Gasteiger partial charge in [0.1, 0.15) is 11.5 Å². The Morgan fingerprint density at radius 3 is 1.75 bits per heavy atom. The Kier molecular flexibility index (Phi) is 7.09. The second-order valence-corrected chi connectivity index (χ2v) is 5.64. The summed E-state index contributed by atoms with van der Waals surface area (Å²) < 4.78 is 0. The van der Waals surface area contributed by atoms with Gasteiger partial charge in [0.15, 0.2) is 0 Å². The first kappa shape index (κ1) is 20.9. The van der Waals surface area contributed by atoms with Gasteiger partial charge in [-0.2, -0.15) is 0 Å². The molecule has 3 aromatic carbocycles. The van der Waals surface area contributed by atoms with Gasteiger partial charge in [-0.05, 0) is 42.5 Å². The van der Waals surface area contributed by atoms with E-state index >= 15 is 0 Å². The van der Waals surface area contributed by atoms with Crippen molar-refractivity contribution in [2.24, 2.45) is 9.98 Å². The average Bonchev–Trinajstić information content (AvgIpc) is 2.67. The van der Waals surface area contributed by atoms with E-state index < -0.39 is 5.97 Å². The van der Waals surface area contributed by atoms with Gasteiger partial charge in [0.2, 0.25) is 0 Å². The molecule has 0 heterocycles. The summed E-state index contributed by atoms with van der Waals surface area (Å²) in [7, 11) is 0. The van der Waals surface area contributed by atoms with Gasteiger partial charge in [0.05, 0.1) is 16.9 Å². The minimum Gasteiger partial charge on any atom is -0.507 e. The standard InChI is InChI=1S/C21H16N2O4.Mn/c24-19-7-3-1-5-15(19)12-22-17-10-9-14(21(26)27)11-18(17)23-13-16-6-2-4-8-20(16)25;/h1-13,24-25H,(H,26,27);. The largest absolute Gasteiger partial charge is 0.507 e. The van der Waals surface area contributed by atoms with Crippen LogP contribution in [0.15, 0.2) is 76.7 Å². The molecular weight excluding hydrogens is 399 g/mol. The van der Waals surface area contributed by atoms with E-state index in [0.717, 1.165) is 0 Å². The van der Waals surface area contributed by atoms with Crippen molar-refractivity contribution < 1.29 is 37.2 Å². The molecule has 0 atom stereocenters. The van der Waals surface area contributed by atoms with Crippen LogP contribution in [0.1, 0.15) is 21.5 Å². The summed E-state index contributed by atoms with van der Waals surface area (Å²) in [4.78, 5) is 19.9. The van der Waals surface area contributed by atoms with Crippen molar-refractivity contribution in [3.8, 4) is 11.5 Å². The maximum atomic E-state index is 11.3. The molecule has 0 aliphatic heterocycles. The third-order valence-corrected chi connectivity index (χ3v) is 3.78. The molecule has 0 aromatic heterocycles. The van der Waals surface area contributed by atoms with E-state index in [2.05, 4.69) is 9.98 Å². The van der Waals surface area contributed by atoms with Gasteiger partial charge in [-0.3, -0.25) is 9.98 Å². The Morgan fingerprint density at radius 1 is 0.750 bits per heavy atom. The molecule has 0 aliphatic carbocycles. The zero-order valence-electron chi connectivity index (χ0n) is 14.5. The molecule has 1 radical (unpaired) electrons. The summed E-state index contributed by atoms with van der Waals surface area (Å²) >= 11 is 0. The van der Waals surface area contributed by atoms with E-state index in [9.17, 15) is 20.1 Å². The van der Waals surface area contributed by atoms with Crippen LogP contribution in [-0.4, -0.2) is 33.7 Å². The van der Waals surface area contributed by atoms with Crippen molar-refractivity contribution >= 4 is 29.8 Å². The Bertz CT molecular complexity index is 1050. The number of aromatic hydroxyl groups is 2. The number of hydrogen-bond donors (Lipinski definition) is 3. The molecule has 3 rings (SSSR count). The molecule has 3 aromatic rings. The van der Waals surface area contributed by atoms with Crippen LogP contribution in [0.2, 0.25) is 0 Å². The van der Waals surface area contributed by atoms with Crippen LogP contribution < -0.4 is 0 Å². The number of carboxylic acids is 1. The van der Waals surface area contributed by atoms with Crippen LogP contribution in [0.5, 0.6) is 11.5 Å². The van der Waals surface area contributed by atoms with Crippen molar-refractivity contribution in [3.05, 3.63) is 83.4 Å². The smallest absolute Gasteiger partial charge is 0.335 e. The Morgan fingerprint density at radius 2 is 1.25 bits per heavy atom. The number of phenols is 2. The van der Waals surface area contributed by atoms with Gasteiger partial charge in [0, 0.05) is 40.6 Å². The number of carbonyl (C=O) groups is 1. The molecule has 0 saturated heterocycles. The van der Waals surface area contributed by atoms with E-state index in [-0.39, 0.29) is 34.1 Å². The first-order valence-corrected chi connectivity index (χ1v) is 8.06. The SMILES string of the molecule is O=C(O)c1ccc(N=Cc2ccccc2O)c(N=Cc2ccccc2O)c1.[Mn]. The Labute approximate surface area is 172 Å². The Hall–Kier alpha value is -3.41. The number of aromatic carboxylic acids is 1. The van der Waals surface area contributed by atoms with E-state index in [4.69, 9.17) is 0 Å². The number of hydrogen-bond acceptors (Lipinski definition) is 5. The second kappa shape index (κ2) is 9.50. The normalized spacial score (nSPS) is 10.9. The molecule has 0 amide bonds. The van der Waals surface area contributed by atoms with Gasteiger partial charge in [0.25, 0.3) is 0 Å². The molecule has 6 nitrogen and oxygen atoms in total. The summed E-state index contributed by atoms with van der Waals surface area (Å²) in [6.07, 6.45) is 2.92. The van der Waals surface area contributed by atoms with E-state index in [1.165, 1.54) is 36.7 Å². The number of phenolic OH excluding ortho intramolecular Hbond substituents is 2. The quantitative estimate of drug-likeness (QED) is 0.427. The topological polar surface area (TPSA) is 102 Å². The fraction of sp³-hybridized carbons (Fsp3) is 0. The van der Waals surface area contributed by atoms with E-state index in [0.29, 0.717) is 22.5 Å². The summed E-state index contributed by atoms with van der Waals surface area (Å²) in [5, 5.41) is 28.9. The summed E-state index contributed by atoms with van der Waals surface area (Å²) in [6, 6.07) is 17.8. The monoisotopic (exact) mass is 415 g/mol. The van der Waals surface area contributed by atoms with Gasteiger partial charge in [-0.1, -0.05) is 24.3 Å². The van der Waals surface area contributed by atoms with Gasteiger partial charge in [-0.15, -0.1) is 0 Å². The zero-order chi connectivity index (χ0) is 19.2. The summed E-state index contributed by atoms with van der Waals surface area (Å²) in [6.45, 7) is 0. The van der Waals surface area contributed by atoms with Crippen LogP contribution in [-0.2, 0) is 17.1 Å². The first-order valence-electron chi connectivity index (χ1n) is 8.06. The van der Waals surface area contributed by atoms with Gasteiger partial charge >= 0.3 is 5.97 Å². The minimum absolute atomic E-state index is 0. The summed E-state index contributed by atoms with van der Waals surface area (Å²) in [5.41, 5.74) is 1.84. The van der Waals surface area contributed by atoms with Crippen LogP contribution in [0.3, 0.4) is 0 Å². The maximum Gasteiger partial charge on any atom is 0.335 e. The maximum absolute atomic E-state index is 11.3. The molecular formula is C21H16MnN2O4. The van der Waals surface area contributed by atoms with Crippen molar-refractivity contribution in [1.82, 2.24) is 0 Å². The van der Waals surface area contributed by atoms with Crippen molar-refractivity contribution in [2.45, 2.75) is 0 Å². The summed E-state index contributed by atoms with van der Waals surface area (Å²) in [5.74, 6) is -0.928. The number of nitrogens with zero attached hydrogens (tertiary/aromatic N) is 2. The van der Waals surface area contributed by atoms with E-state index in [1.54, 1.807) is 42.5 Å². The van der Waals surface area contributed by atoms with Crippen LogP contribution in [0.4, 0.5) is 11.4 Å². The minimum atomic E-state index is -1.08. The average molecular weight is 415 g/mol. The molecule has 0 aliphatic rings. The van der Waals surface area contributed by atoms with Crippen LogP contribution in [0, 0.1) is 0 Å². The number of aliphatic imine (C=N–C) groups is 2. The molecule has 0 bridgehead atoms. The molecule has 28 heavy (non-hydrogen) atoms. The van der Waals surface area contributed by atoms with Crippen LogP contribution >= 0.6 is 0 Å². The molecule has 0 spiro atoms. The van der Waals surface area contributed by atoms with E-state index in [1.807, 2.05) is 0 Å². The third-order valence-electron chi connectivity index (χ3n) is 3.78. The predicted molar refractivity (Wildman–Crippen MR) is 104 cm³/mol. The number of carboxylic acid groups (broad SMARTS) is 1. The van der Waals surface area contributed by atoms with Crippen molar-refractivity contribution in [3.63, 3.8) is 0 Å². The molecule has 3 N–H and O–H groups in total. The van der Waals surface area contributed by atoms with Crippen molar-refractivity contribution in [1.29, 1.82) is 0 Å². The molecule has 0 saturated carbocycles. The van der Waals surface area contributed by atoms with Crippen LogP contribution in [0.25, 0.3) is 0 Å². The molecule has 0 fully saturated rings. The number of rotatable bonds is 5. The third kappa shape index (κ3) is 5.07. The Balaban J connectivity index is 0.00000280. The molecule has 7 heteroatoms. The number of benzene rings is 3. The zero-order valence-corrected chi connectivity index (χ0v) is 15.7. The predicted octanol–water partition coefficient (Wildman–Crippen LogP) is 4.29. The van der Waals surface area contributed by atoms with Gasteiger partial charge in [-0.25, -0.2) is 4.79 Å². The number of para-hydroxylation sites is 2. The molecule has 0 unspecified atom stereocenters. The first-order chi connectivity index (χ1) is 13.0. The second-order valence-electron chi connectivity index (χ2n) is 5.64.